The van der Waals surface area contributed by atoms with Gasteiger partial charge >= 0.3 is 0 Å². The molecule has 0 aromatic heterocycles. The van der Waals surface area contributed by atoms with Crippen molar-refractivity contribution in [3.63, 3.8) is 0 Å². The lowest BCUT2D eigenvalue weighted by molar-refractivity contribution is -0.116. The van der Waals surface area contributed by atoms with Crippen LogP contribution in [0.2, 0.25) is 5.02 Å². The topological polar surface area (TPSA) is 104 Å². The van der Waals surface area contributed by atoms with Crippen LogP contribution in [0.4, 0.5) is 5.69 Å². The molecule has 0 saturated heterocycles. The molecule has 2 amide bonds. The van der Waals surface area contributed by atoms with Gasteiger partial charge in [-0.05, 0) is 42.3 Å². The molecule has 2 aromatic rings. The van der Waals surface area contributed by atoms with Crippen LogP contribution in [-0.4, -0.2) is 20.2 Å². The Balaban J connectivity index is 1.75. The lowest BCUT2D eigenvalue weighted by atomic mass is 10.0. The molecule has 2 aromatic carbocycles. The summed E-state index contributed by atoms with van der Waals surface area (Å²) in [6.07, 6.45) is 0.754. The van der Waals surface area contributed by atoms with Gasteiger partial charge in [0.2, 0.25) is 5.91 Å². The highest BCUT2D eigenvalue weighted by atomic mass is 35.5. The molecule has 1 aliphatic heterocycles. The van der Waals surface area contributed by atoms with Crippen LogP contribution in [0.15, 0.2) is 47.4 Å². The van der Waals surface area contributed by atoms with Crippen LogP contribution in [0.1, 0.15) is 22.3 Å². The van der Waals surface area contributed by atoms with Crippen LogP contribution in [0, 0.1) is 0 Å². The summed E-state index contributed by atoms with van der Waals surface area (Å²) in [5.74, 6) is -0.771. The molecule has 0 spiro atoms. The van der Waals surface area contributed by atoms with E-state index in [1.807, 2.05) is 4.83 Å². The molecule has 0 radical (unpaired) electrons. The minimum absolute atomic E-state index is 0.0122. The smallest absolute Gasteiger partial charge is 0.267 e. The molecule has 9 heteroatoms. The summed E-state index contributed by atoms with van der Waals surface area (Å²) in [6.45, 7) is 0. The second-order valence-electron chi connectivity index (χ2n) is 5.41. The standard InChI is InChI=1S/C16H14ClN3O4S/c17-13-4-2-1-3-12(13)16(22)19-20-25(23,24)11-6-7-14-10(9-11)5-8-15(21)18-14/h1-4,6-7,9,20H,5,8H2,(H,18,21)(H,19,22). The van der Waals surface area contributed by atoms with Crippen molar-refractivity contribution in [2.45, 2.75) is 17.7 Å². The van der Waals surface area contributed by atoms with E-state index in [4.69, 9.17) is 11.6 Å². The normalized spacial score (nSPS) is 13.7. The number of nitrogens with one attached hydrogen (secondary N) is 3. The van der Waals surface area contributed by atoms with Gasteiger partial charge in [0.15, 0.2) is 0 Å². The second-order valence-corrected chi connectivity index (χ2v) is 7.50. The van der Waals surface area contributed by atoms with E-state index in [-0.39, 0.29) is 21.4 Å². The van der Waals surface area contributed by atoms with Crippen LogP contribution < -0.4 is 15.6 Å². The third kappa shape index (κ3) is 3.81. The number of sulfonamides is 1. The maximum absolute atomic E-state index is 12.4. The molecule has 0 unspecified atom stereocenters. The maximum atomic E-state index is 12.4. The molecule has 130 valence electrons. The Morgan fingerprint density at radius 2 is 1.88 bits per heavy atom. The molecule has 3 N–H and O–H groups in total. The highest BCUT2D eigenvalue weighted by molar-refractivity contribution is 7.89. The number of carbonyl (C=O) groups excluding carboxylic acids is 2. The van der Waals surface area contributed by atoms with Crippen molar-refractivity contribution >= 4 is 39.1 Å². The first kappa shape index (κ1) is 17.4. The summed E-state index contributed by atoms with van der Waals surface area (Å²) in [7, 11) is -3.96. The minimum atomic E-state index is -3.96. The Kier molecular flexibility index (Phi) is 4.76. The second kappa shape index (κ2) is 6.83. The van der Waals surface area contributed by atoms with Gasteiger partial charge < -0.3 is 5.32 Å². The summed E-state index contributed by atoms with van der Waals surface area (Å²) in [6, 6.07) is 10.6. The molecular formula is C16H14ClN3O4S. The molecule has 7 nitrogen and oxygen atoms in total. The van der Waals surface area contributed by atoms with Crippen LogP contribution in [0.3, 0.4) is 0 Å². The Hall–Kier alpha value is -2.42. The molecule has 0 aliphatic carbocycles. The average Bonchev–Trinajstić information content (AvgIpc) is 2.59. The van der Waals surface area contributed by atoms with Crippen molar-refractivity contribution in [1.82, 2.24) is 10.3 Å². The van der Waals surface area contributed by atoms with Crippen molar-refractivity contribution in [3.8, 4) is 0 Å². The van der Waals surface area contributed by atoms with Gasteiger partial charge in [-0.2, -0.15) is 0 Å². The monoisotopic (exact) mass is 379 g/mol. The zero-order valence-electron chi connectivity index (χ0n) is 12.9. The number of rotatable bonds is 4. The molecule has 0 fully saturated rings. The molecular weight excluding hydrogens is 366 g/mol. The Morgan fingerprint density at radius 1 is 1.12 bits per heavy atom. The van der Waals surface area contributed by atoms with Crippen LogP contribution >= 0.6 is 11.6 Å². The fourth-order valence-electron chi connectivity index (χ4n) is 2.41. The number of halogens is 1. The molecule has 1 aliphatic rings. The Morgan fingerprint density at radius 3 is 2.64 bits per heavy atom. The summed E-state index contributed by atoms with van der Waals surface area (Å²) in [4.78, 5) is 25.4. The number of fused-ring (bicyclic) bond motifs is 1. The minimum Gasteiger partial charge on any atom is -0.326 e. The molecule has 25 heavy (non-hydrogen) atoms. The van der Waals surface area contributed by atoms with E-state index in [0.717, 1.165) is 5.56 Å². The van der Waals surface area contributed by atoms with E-state index in [1.54, 1.807) is 12.1 Å². The lowest BCUT2D eigenvalue weighted by Gasteiger charge is -2.17. The zero-order valence-corrected chi connectivity index (χ0v) is 14.4. The van der Waals surface area contributed by atoms with Gasteiger partial charge in [-0.25, -0.2) is 8.42 Å². The van der Waals surface area contributed by atoms with E-state index in [0.29, 0.717) is 18.5 Å². The first-order valence-electron chi connectivity index (χ1n) is 7.36. The molecule has 3 rings (SSSR count). The fourth-order valence-corrected chi connectivity index (χ4v) is 3.52. The lowest BCUT2D eigenvalue weighted by Crippen LogP contribution is -2.41. The van der Waals surface area contributed by atoms with E-state index in [9.17, 15) is 18.0 Å². The molecule has 0 saturated carbocycles. The summed E-state index contributed by atoms with van der Waals surface area (Å²) < 4.78 is 24.7. The highest BCUT2D eigenvalue weighted by Gasteiger charge is 2.21. The third-order valence-corrected chi connectivity index (χ3v) is 5.27. The van der Waals surface area contributed by atoms with Gasteiger partial charge in [0.1, 0.15) is 0 Å². The van der Waals surface area contributed by atoms with Gasteiger partial charge in [0.25, 0.3) is 15.9 Å². The van der Waals surface area contributed by atoms with Crippen molar-refractivity contribution in [2.24, 2.45) is 0 Å². The predicted octanol–water partition coefficient (Wildman–Crippen LogP) is 1.85. The van der Waals surface area contributed by atoms with Crippen LogP contribution in [0.5, 0.6) is 0 Å². The molecule has 1 heterocycles. The third-order valence-electron chi connectivity index (χ3n) is 3.70. The van der Waals surface area contributed by atoms with Gasteiger partial charge in [-0.3, -0.25) is 15.0 Å². The number of hydrazine groups is 1. The molecule has 0 atom stereocenters. The maximum Gasteiger partial charge on any atom is 0.267 e. The van der Waals surface area contributed by atoms with Crippen LogP contribution in [0.25, 0.3) is 0 Å². The number of hydrogen-bond donors (Lipinski definition) is 3. The number of benzene rings is 2. The summed E-state index contributed by atoms with van der Waals surface area (Å²) >= 11 is 5.90. The van der Waals surface area contributed by atoms with Gasteiger partial charge in [0.05, 0.1) is 15.5 Å². The number of carbonyl (C=O) groups is 2. The predicted molar refractivity (Wildman–Crippen MR) is 92.6 cm³/mol. The average molecular weight is 380 g/mol. The first-order chi connectivity index (χ1) is 11.9. The van der Waals surface area contributed by atoms with Gasteiger partial charge in [-0.1, -0.05) is 23.7 Å². The largest absolute Gasteiger partial charge is 0.326 e. The van der Waals surface area contributed by atoms with Gasteiger partial charge in [-0.15, -0.1) is 4.83 Å². The van der Waals surface area contributed by atoms with E-state index >= 15 is 0 Å². The first-order valence-corrected chi connectivity index (χ1v) is 9.22. The van der Waals surface area contributed by atoms with E-state index < -0.39 is 15.9 Å². The Bertz CT molecular complexity index is 960. The SMILES string of the molecule is O=C1CCc2cc(S(=O)(=O)NNC(=O)c3ccccc3Cl)ccc2N1. The van der Waals surface area contributed by atoms with Crippen molar-refractivity contribution in [1.29, 1.82) is 0 Å². The fraction of sp³-hybridized carbons (Fsp3) is 0.125. The number of hydrogen-bond acceptors (Lipinski definition) is 4. The summed E-state index contributed by atoms with van der Waals surface area (Å²) in [5, 5.41) is 2.89. The van der Waals surface area contributed by atoms with Crippen molar-refractivity contribution < 1.29 is 18.0 Å². The number of anilines is 1. The van der Waals surface area contributed by atoms with Gasteiger partial charge in [0, 0.05) is 12.1 Å². The number of amides is 2. The molecule has 0 bridgehead atoms. The number of aryl methyl sites for hydroxylation is 1. The zero-order chi connectivity index (χ0) is 18.0. The highest BCUT2D eigenvalue weighted by Crippen LogP contribution is 2.25. The Labute approximate surface area is 149 Å². The summed E-state index contributed by atoms with van der Waals surface area (Å²) in [5.41, 5.74) is 3.60. The van der Waals surface area contributed by atoms with Crippen LogP contribution in [-0.2, 0) is 21.2 Å². The van der Waals surface area contributed by atoms with Crippen molar-refractivity contribution in [2.75, 3.05) is 5.32 Å². The van der Waals surface area contributed by atoms with E-state index in [2.05, 4.69) is 10.7 Å². The van der Waals surface area contributed by atoms with E-state index in [1.165, 1.54) is 30.3 Å². The quantitative estimate of drug-likeness (QED) is 0.705. The van der Waals surface area contributed by atoms with Crippen molar-refractivity contribution in [3.05, 3.63) is 58.6 Å².